The molecule has 1 amide bonds. The average molecular weight is 391 g/mol. The van der Waals surface area contributed by atoms with Crippen LogP contribution in [0.2, 0.25) is 0 Å². The van der Waals surface area contributed by atoms with Crippen LogP contribution in [0.25, 0.3) is 10.7 Å². The van der Waals surface area contributed by atoms with Crippen LogP contribution in [0, 0.1) is 5.92 Å². The highest BCUT2D eigenvalue weighted by Gasteiger charge is 2.27. The number of aromatic nitrogens is 2. The fourth-order valence-electron chi connectivity index (χ4n) is 2.41. The Bertz CT molecular complexity index is 636. The van der Waals surface area contributed by atoms with Crippen molar-refractivity contribution in [1.82, 2.24) is 15.3 Å². The van der Waals surface area contributed by atoms with E-state index in [9.17, 15) is 4.79 Å². The summed E-state index contributed by atoms with van der Waals surface area (Å²) in [5.74, 6) is 0.327. The van der Waals surface area contributed by atoms with Crippen LogP contribution in [0.3, 0.4) is 0 Å². The third-order valence-corrected chi connectivity index (χ3v) is 4.36. The van der Waals surface area contributed by atoms with Crippen molar-refractivity contribution in [2.24, 2.45) is 11.7 Å². The normalized spacial score (nSPS) is 12.7. The molecule has 2 rings (SSSR count). The van der Waals surface area contributed by atoms with Crippen LogP contribution in [-0.4, -0.2) is 28.0 Å². The summed E-state index contributed by atoms with van der Waals surface area (Å²) in [4.78, 5) is 21.5. The number of nitrogens with zero attached hydrogens (tertiary/aromatic N) is 2. The minimum Gasteiger partial charge on any atom is -0.345 e. The van der Waals surface area contributed by atoms with Crippen molar-refractivity contribution >= 4 is 42.1 Å². The van der Waals surface area contributed by atoms with Gasteiger partial charge in [-0.2, -0.15) is 0 Å². The molecule has 2 heterocycles. The van der Waals surface area contributed by atoms with Gasteiger partial charge in [0.05, 0.1) is 17.4 Å². The molecule has 2 aromatic rings. The number of pyridine rings is 1. The Labute approximate surface area is 159 Å². The lowest BCUT2D eigenvalue weighted by molar-refractivity contribution is 0.0902. The van der Waals surface area contributed by atoms with Gasteiger partial charge >= 0.3 is 0 Å². The first-order chi connectivity index (χ1) is 10.4. The van der Waals surface area contributed by atoms with Crippen molar-refractivity contribution in [2.75, 3.05) is 6.54 Å². The number of hydrogen-bond donors (Lipinski definition) is 2. The van der Waals surface area contributed by atoms with Gasteiger partial charge in [-0.1, -0.05) is 19.9 Å². The number of carbonyl (C=O) groups excluding carboxylic acids is 1. The first kappa shape index (κ1) is 22.8. The molecular formula is C16H24Cl2N4OS. The Morgan fingerprint density at radius 3 is 2.58 bits per heavy atom. The van der Waals surface area contributed by atoms with Gasteiger partial charge in [0.25, 0.3) is 5.91 Å². The number of nitrogens with two attached hydrogens (primary N) is 1. The number of nitrogens with one attached hydrogen (secondary N) is 1. The summed E-state index contributed by atoms with van der Waals surface area (Å²) in [6.45, 7) is 6.62. The van der Waals surface area contributed by atoms with Gasteiger partial charge in [-0.05, 0) is 31.4 Å². The zero-order valence-electron chi connectivity index (χ0n) is 14.0. The standard InChI is InChI=1S/C16H22N4OS.2ClH/c1-11(2)8-16(3,10-17)20-14(21)13-9-19-15(22-13)12-6-4-5-7-18-12;;/h4-7,9,11H,8,10,17H2,1-3H3,(H,20,21);2*1H. The molecule has 0 radical (unpaired) electrons. The predicted molar refractivity (Wildman–Crippen MR) is 104 cm³/mol. The summed E-state index contributed by atoms with van der Waals surface area (Å²) in [6.07, 6.45) is 4.14. The van der Waals surface area contributed by atoms with Gasteiger partial charge in [0.15, 0.2) is 0 Å². The summed E-state index contributed by atoms with van der Waals surface area (Å²) in [7, 11) is 0. The van der Waals surface area contributed by atoms with Crippen LogP contribution in [0.4, 0.5) is 0 Å². The van der Waals surface area contributed by atoms with E-state index in [0.717, 1.165) is 17.1 Å². The van der Waals surface area contributed by atoms with Crippen LogP contribution in [-0.2, 0) is 0 Å². The third kappa shape index (κ3) is 6.02. The molecule has 8 heteroatoms. The van der Waals surface area contributed by atoms with Crippen molar-refractivity contribution in [2.45, 2.75) is 32.7 Å². The SMILES string of the molecule is CC(C)CC(C)(CN)NC(=O)c1cnc(-c2ccccn2)s1.Cl.Cl. The molecule has 0 aliphatic rings. The van der Waals surface area contributed by atoms with Crippen LogP contribution < -0.4 is 11.1 Å². The zero-order chi connectivity index (χ0) is 16.2. The maximum Gasteiger partial charge on any atom is 0.263 e. The molecule has 0 aromatic carbocycles. The van der Waals surface area contributed by atoms with Crippen LogP contribution >= 0.6 is 36.2 Å². The monoisotopic (exact) mass is 390 g/mol. The Hall–Kier alpha value is -1.21. The summed E-state index contributed by atoms with van der Waals surface area (Å²) < 4.78 is 0. The number of rotatable bonds is 6. The molecule has 1 unspecified atom stereocenters. The lowest BCUT2D eigenvalue weighted by Gasteiger charge is -2.30. The highest BCUT2D eigenvalue weighted by Crippen LogP contribution is 2.24. The molecule has 0 spiro atoms. The molecule has 1 atom stereocenters. The summed E-state index contributed by atoms with van der Waals surface area (Å²) in [5, 5.41) is 3.78. The molecule has 0 bridgehead atoms. The van der Waals surface area contributed by atoms with Gasteiger partial charge in [0.2, 0.25) is 0 Å². The summed E-state index contributed by atoms with van der Waals surface area (Å²) >= 11 is 1.34. The Balaban J connectivity index is 0.00000264. The first-order valence-corrected chi connectivity index (χ1v) is 8.15. The Morgan fingerprint density at radius 1 is 1.33 bits per heavy atom. The van der Waals surface area contributed by atoms with E-state index in [1.165, 1.54) is 11.3 Å². The highest BCUT2D eigenvalue weighted by atomic mass is 35.5. The van der Waals surface area contributed by atoms with E-state index in [1.807, 2.05) is 25.1 Å². The van der Waals surface area contributed by atoms with Crippen molar-refractivity contribution in [3.63, 3.8) is 0 Å². The van der Waals surface area contributed by atoms with Gasteiger partial charge in [-0.3, -0.25) is 9.78 Å². The predicted octanol–water partition coefficient (Wildman–Crippen LogP) is 3.54. The van der Waals surface area contributed by atoms with Crippen molar-refractivity contribution in [3.05, 3.63) is 35.5 Å². The number of carbonyl (C=O) groups is 1. The fourth-order valence-corrected chi connectivity index (χ4v) is 3.20. The fraction of sp³-hybridized carbons (Fsp3) is 0.438. The summed E-state index contributed by atoms with van der Waals surface area (Å²) in [6, 6.07) is 5.63. The van der Waals surface area contributed by atoms with E-state index in [1.54, 1.807) is 12.4 Å². The molecule has 3 N–H and O–H groups in total. The first-order valence-electron chi connectivity index (χ1n) is 7.33. The minimum atomic E-state index is -0.402. The van der Waals surface area contributed by atoms with E-state index in [4.69, 9.17) is 5.73 Å². The smallest absolute Gasteiger partial charge is 0.263 e. The second-order valence-corrected chi connectivity index (χ2v) is 7.09. The maximum atomic E-state index is 12.4. The lowest BCUT2D eigenvalue weighted by Crippen LogP contribution is -2.52. The van der Waals surface area contributed by atoms with Gasteiger partial charge < -0.3 is 11.1 Å². The highest BCUT2D eigenvalue weighted by molar-refractivity contribution is 7.16. The molecule has 0 fully saturated rings. The maximum absolute atomic E-state index is 12.4. The second kappa shape index (κ2) is 9.93. The third-order valence-electron chi connectivity index (χ3n) is 3.34. The quantitative estimate of drug-likeness (QED) is 0.789. The largest absolute Gasteiger partial charge is 0.345 e. The Kier molecular flexibility index (Phi) is 9.43. The molecule has 134 valence electrons. The number of halogens is 2. The molecule has 2 aromatic heterocycles. The summed E-state index contributed by atoms with van der Waals surface area (Å²) in [5.41, 5.74) is 6.21. The zero-order valence-corrected chi connectivity index (χ0v) is 16.4. The molecule has 5 nitrogen and oxygen atoms in total. The van der Waals surface area contributed by atoms with Crippen molar-refractivity contribution < 1.29 is 4.79 Å². The number of hydrogen-bond acceptors (Lipinski definition) is 5. The lowest BCUT2D eigenvalue weighted by atomic mass is 9.90. The van der Waals surface area contributed by atoms with Gasteiger partial charge in [-0.15, -0.1) is 36.2 Å². The van der Waals surface area contributed by atoms with Crippen LogP contribution in [0.5, 0.6) is 0 Å². The molecule has 0 aliphatic heterocycles. The topological polar surface area (TPSA) is 80.9 Å². The van der Waals surface area contributed by atoms with Gasteiger partial charge in [0, 0.05) is 12.7 Å². The Morgan fingerprint density at radius 2 is 2.04 bits per heavy atom. The van der Waals surface area contributed by atoms with E-state index >= 15 is 0 Å². The van der Waals surface area contributed by atoms with Crippen molar-refractivity contribution in [1.29, 1.82) is 0 Å². The van der Waals surface area contributed by atoms with E-state index in [2.05, 4.69) is 29.1 Å². The minimum absolute atomic E-state index is 0. The molecule has 24 heavy (non-hydrogen) atoms. The average Bonchev–Trinajstić information content (AvgIpc) is 2.97. The van der Waals surface area contributed by atoms with Crippen LogP contribution in [0.15, 0.2) is 30.6 Å². The molecule has 0 aliphatic carbocycles. The van der Waals surface area contributed by atoms with Crippen molar-refractivity contribution in [3.8, 4) is 10.7 Å². The number of amides is 1. The van der Waals surface area contributed by atoms with E-state index in [-0.39, 0.29) is 30.7 Å². The van der Waals surface area contributed by atoms with Gasteiger partial charge in [0.1, 0.15) is 9.88 Å². The number of thiazole rings is 1. The van der Waals surface area contributed by atoms with Crippen LogP contribution in [0.1, 0.15) is 36.9 Å². The second-order valence-electron chi connectivity index (χ2n) is 6.06. The van der Waals surface area contributed by atoms with E-state index < -0.39 is 5.54 Å². The van der Waals surface area contributed by atoms with E-state index in [0.29, 0.717) is 17.3 Å². The molecule has 0 saturated heterocycles. The molecular weight excluding hydrogens is 367 g/mol. The van der Waals surface area contributed by atoms with Gasteiger partial charge in [-0.25, -0.2) is 4.98 Å². The molecule has 0 saturated carbocycles.